The summed E-state index contributed by atoms with van der Waals surface area (Å²) in [4.78, 5) is 15.8. The van der Waals surface area contributed by atoms with Crippen LogP contribution in [0.2, 0.25) is 5.02 Å². The van der Waals surface area contributed by atoms with Gasteiger partial charge in [-0.15, -0.1) is 0 Å². The van der Waals surface area contributed by atoms with Gasteiger partial charge in [-0.3, -0.25) is 4.79 Å². The van der Waals surface area contributed by atoms with Crippen molar-refractivity contribution in [1.82, 2.24) is 4.98 Å². The summed E-state index contributed by atoms with van der Waals surface area (Å²) in [6.45, 7) is 0. The minimum Gasteiger partial charge on any atom is -0.319 e. The Bertz CT molecular complexity index is 674. The molecule has 0 aliphatic rings. The monoisotopic (exact) mass is 378 g/mol. The second kappa shape index (κ2) is 6.03. The number of amides is 1. The van der Waals surface area contributed by atoms with Crippen molar-refractivity contribution >= 4 is 39.1 Å². The lowest BCUT2D eigenvalue weighted by Crippen LogP contribution is -2.14. The maximum atomic E-state index is 12.5. The number of benzene rings is 1. The van der Waals surface area contributed by atoms with E-state index in [2.05, 4.69) is 26.2 Å². The van der Waals surface area contributed by atoms with Crippen LogP contribution in [0.15, 0.2) is 41.0 Å². The van der Waals surface area contributed by atoms with Crippen LogP contribution in [0.4, 0.5) is 18.9 Å². The minimum atomic E-state index is -4.49. The molecule has 0 radical (unpaired) electrons. The maximum Gasteiger partial charge on any atom is 0.416 e. The van der Waals surface area contributed by atoms with Crippen LogP contribution in [0.3, 0.4) is 0 Å². The topological polar surface area (TPSA) is 42.0 Å². The van der Waals surface area contributed by atoms with Gasteiger partial charge in [0.2, 0.25) is 0 Å². The van der Waals surface area contributed by atoms with Crippen LogP contribution in [0.1, 0.15) is 16.1 Å². The number of halogens is 5. The van der Waals surface area contributed by atoms with Gasteiger partial charge >= 0.3 is 6.18 Å². The minimum absolute atomic E-state index is 0.0828. The van der Waals surface area contributed by atoms with Crippen molar-refractivity contribution in [3.8, 4) is 0 Å². The van der Waals surface area contributed by atoms with E-state index in [0.717, 1.165) is 18.2 Å². The summed E-state index contributed by atoms with van der Waals surface area (Å²) in [5.41, 5.74) is -0.680. The summed E-state index contributed by atoms with van der Waals surface area (Å²) < 4.78 is 38.2. The second-order valence-electron chi connectivity index (χ2n) is 4.01. The average molecular weight is 380 g/mol. The molecule has 2 rings (SSSR count). The summed E-state index contributed by atoms with van der Waals surface area (Å²) in [6.07, 6.45) is -3.05. The molecule has 0 saturated carbocycles. The summed E-state index contributed by atoms with van der Waals surface area (Å²) in [7, 11) is 0. The second-order valence-corrected chi connectivity index (χ2v) is 5.33. The van der Waals surface area contributed by atoms with Gasteiger partial charge in [-0.2, -0.15) is 13.2 Å². The molecule has 0 bridgehead atoms. The molecule has 1 amide bonds. The highest BCUT2D eigenvalue weighted by atomic mass is 79.9. The zero-order chi connectivity index (χ0) is 15.6. The van der Waals surface area contributed by atoms with Gasteiger partial charge in [0.25, 0.3) is 5.91 Å². The third-order valence-corrected chi connectivity index (χ3v) is 3.29. The largest absolute Gasteiger partial charge is 0.416 e. The summed E-state index contributed by atoms with van der Waals surface area (Å²) in [5.74, 6) is -0.566. The third kappa shape index (κ3) is 3.95. The first kappa shape index (κ1) is 15.8. The van der Waals surface area contributed by atoms with E-state index >= 15 is 0 Å². The van der Waals surface area contributed by atoms with Gasteiger partial charge < -0.3 is 5.32 Å². The summed E-state index contributed by atoms with van der Waals surface area (Å²) in [6, 6.07) is 5.79. The number of hydrogen-bond acceptors (Lipinski definition) is 2. The standard InChI is InChI=1S/C13H7BrClF3N2O/c14-8-2-4-11(19-6-8)12(21)20-10-3-1-7(5-9(10)15)13(16,17)18/h1-6H,(H,20,21). The first-order valence-corrected chi connectivity index (χ1v) is 6.74. The number of alkyl halides is 3. The SMILES string of the molecule is O=C(Nc1ccc(C(F)(F)F)cc1Cl)c1ccc(Br)cn1. The van der Waals surface area contributed by atoms with Gasteiger partial charge in [0.05, 0.1) is 16.3 Å². The fourth-order valence-electron chi connectivity index (χ4n) is 1.49. The lowest BCUT2D eigenvalue weighted by atomic mass is 10.2. The van der Waals surface area contributed by atoms with Gasteiger partial charge in [-0.25, -0.2) is 4.98 Å². The number of nitrogens with zero attached hydrogens (tertiary/aromatic N) is 1. The summed E-state index contributed by atoms with van der Waals surface area (Å²) in [5, 5.41) is 2.21. The summed E-state index contributed by atoms with van der Waals surface area (Å²) >= 11 is 8.93. The van der Waals surface area contributed by atoms with Crippen molar-refractivity contribution in [1.29, 1.82) is 0 Å². The number of hydrogen-bond donors (Lipinski definition) is 1. The van der Waals surface area contributed by atoms with Crippen LogP contribution >= 0.6 is 27.5 Å². The molecule has 0 spiro atoms. The zero-order valence-electron chi connectivity index (χ0n) is 10.2. The van der Waals surface area contributed by atoms with Crippen LogP contribution in [-0.2, 0) is 6.18 Å². The Kier molecular flexibility index (Phi) is 4.53. The molecule has 1 aromatic heterocycles. The highest BCUT2D eigenvalue weighted by molar-refractivity contribution is 9.10. The van der Waals surface area contributed by atoms with Crippen LogP contribution < -0.4 is 5.32 Å². The van der Waals surface area contributed by atoms with Crippen molar-refractivity contribution in [3.63, 3.8) is 0 Å². The van der Waals surface area contributed by atoms with Gasteiger partial charge in [-0.05, 0) is 46.3 Å². The molecule has 0 fully saturated rings. The Labute approximate surface area is 131 Å². The molecule has 3 nitrogen and oxygen atoms in total. The molecule has 2 aromatic rings. The van der Waals surface area contributed by atoms with E-state index < -0.39 is 17.6 Å². The van der Waals surface area contributed by atoms with Gasteiger partial charge in [0, 0.05) is 10.7 Å². The Balaban J connectivity index is 2.20. The van der Waals surface area contributed by atoms with E-state index in [1.165, 1.54) is 12.3 Å². The predicted molar refractivity (Wildman–Crippen MR) is 76.3 cm³/mol. The molecule has 110 valence electrons. The number of anilines is 1. The third-order valence-electron chi connectivity index (χ3n) is 2.50. The van der Waals surface area contributed by atoms with E-state index in [9.17, 15) is 18.0 Å². The van der Waals surface area contributed by atoms with Crippen molar-refractivity contribution < 1.29 is 18.0 Å². The number of carbonyl (C=O) groups excluding carboxylic acids is 1. The van der Waals surface area contributed by atoms with Crippen molar-refractivity contribution in [2.45, 2.75) is 6.18 Å². The van der Waals surface area contributed by atoms with Gasteiger partial charge in [-0.1, -0.05) is 11.6 Å². The molecule has 1 aromatic carbocycles. The lowest BCUT2D eigenvalue weighted by Gasteiger charge is -2.10. The fourth-order valence-corrected chi connectivity index (χ4v) is 1.95. The fraction of sp³-hybridized carbons (Fsp3) is 0.0769. The number of rotatable bonds is 2. The highest BCUT2D eigenvalue weighted by Gasteiger charge is 2.31. The van der Waals surface area contributed by atoms with E-state index in [1.807, 2.05) is 0 Å². The Morgan fingerprint density at radius 1 is 1.24 bits per heavy atom. The van der Waals surface area contributed by atoms with Crippen molar-refractivity contribution in [2.24, 2.45) is 0 Å². The number of nitrogens with one attached hydrogen (secondary N) is 1. The van der Waals surface area contributed by atoms with E-state index in [-0.39, 0.29) is 16.4 Å². The average Bonchev–Trinajstić information content (AvgIpc) is 2.40. The molecule has 0 unspecified atom stereocenters. The lowest BCUT2D eigenvalue weighted by molar-refractivity contribution is -0.137. The molecule has 0 aliphatic carbocycles. The number of aromatic nitrogens is 1. The normalized spacial score (nSPS) is 11.3. The Morgan fingerprint density at radius 2 is 1.95 bits per heavy atom. The molecule has 0 saturated heterocycles. The van der Waals surface area contributed by atoms with Crippen molar-refractivity contribution in [2.75, 3.05) is 5.32 Å². The van der Waals surface area contributed by atoms with Crippen molar-refractivity contribution in [3.05, 3.63) is 57.3 Å². The molecule has 0 aliphatic heterocycles. The quantitative estimate of drug-likeness (QED) is 0.817. The van der Waals surface area contributed by atoms with E-state index in [4.69, 9.17) is 11.6 Å². The van der Waals surface area contributed by atoms with Gasteiger partial charge in [0.1, 0.15) is 5.69 Å². The molecule has 21 heavy (non-hydrogen) atoms. The first-order valence-electron chi connectivity index (χ1n) is 5.57. The van der Waals surface area contributed by atoms with Gasteiger partial charge in [0.15, 0.2) is 0 Å². The number of pyridine rings is 1. The highest BCUT2D eigenvalue weighted by Crippen LogP contribution is 2.33. The van der Waals surface area contributed by atoms with E-state index in [1.54, 1.807) is 6.07 Å². The van der Waals surface area contributed by atoms with Crippen LogP contribution in [0.25, 0.3) is 0 Å². The van der Waals surface area contributed by atoms with Crippen LogP contribution in [0, 0.1) is 0 Å². The first-order chi connectivity index (χ1) is 9.77. The van der Waals surface area contributed by atoms with Crippen LogP contribution in [0.5, 0.6) is 0 Å². The zero-order valence-corrected chi connectivity index (χ0v) is 12.6. The van der Waals surface area contributed by atoms with Crippen LogP contribution in [-0.4, -0.2) is 10.9 Å². The number of carbonyl (C=O) groups is 1. The molecule has 8 heteroatoms. The predicted octanol–water partition coefficient (Wildman–Crippen LogP) is 4.77. The maximum absolute atomic E-state index is 12.5. The molecule has 0 atom stereocenters. The van der Waals surface area contributed by atoms with E-state index in [0.29, 0.717) is 4.47 Å². The molecule has 1 N–H and O–H groups in total. The Hall–Kier alpha value is -1.60. The molecular weight excluding hydrogens is 373 g/mol. The smallest absolute Gasteiger partial charge is 0.319 e. The molecular formula is C13H7BrClF3N2O. The Morgan fingerprint density at radius 3 is 2.48 bits per heavy atom. The molecule has 1 heterocycles.